The van der Waals surface area contributed by atoms with Gasteiger partial charge in [0.2, 0.25) is 11.9 Å². The van der Waals surface area contributed by atoms with Gasteiger partial charge in [0.25, 0.3) is 5.91 Å². The fraction of sp³-hybridized carbons (Fsp3) is 0.471. The molecule has 1 aromatic heterocycles. The Morgan fingerprint density at radius 2 is 1.50 bits per heavy atom. The zero-order valence-electron chi connectivity index (χ0n) is 27.8. The number of nitrogens with one attached hydrogen (secondary N) is 5. The van der Waals surface area contributed by atoms with Crippen LogP contribution in [-0.2, 0) is 15.1 Å². The third kappa shape index (κ3) is 10.7. The van der Waals surface area contributed by atoms with Crippen molar-refractivity contribution in [3.8, 4) is 6.01 Å². The van der Waals surface area contributed by atoms with Crippen molar-refractivity contribution in [1.29, 1.82) is 0 Å². The molecule has 2 aromatic carbocycles. The van der Waals surface area contributed by atoms with E-state index in [9.17, 15) is 27.6 Å². The lowest BCUT2D eigenvalue weighted by Crippen LogP contribution is -2.48. The number of halogens is 4. The smallest absolute Gasteiger partial charge is 0.422 e. The number of aromatic nitrogens is 3. The Morgan fingerprint density at radius 3 is 2.14 bits per heavy atom. The molecule has 1 heterocycles. The molecule has 2 aliphatic rings. The lowest BCUT2D eigenvalue weighted by atomic mass is 9.93. The number of carbonyl (C=O) groups is 3. The highest BCUT2D eigenvalue weighted by molar-refractivity contribution is 6.35. The van der Waals surface area contributed by atoms with Gasteiger partial charge in [0.15, 0.2) is 6.61 Å². The number of nitrogens with zero attached hydrogens (tertiary/aromatic N) is 3. The summed E-state index contributed by atoms with van der Waals surface area (Å²) in [5.74, 6) is -1.76. The lowest BCUT2D eigenvalue weighted by molar-refractivity contribution is -0.154. The Labute approximate surface area is 292 Å². The van der Waals surface area contributed by atoms with Crippen LogP contribution in [0.1, 0.15) is 74.7 Å². The van der Waals surface area contributed by atoms with Gasteiger partial charge in [-0.15, -0.1) is 0 Å². The van der Waals surface area contributed by atoms with E-state index in [0.717, 1.165) is 50.5 Å². The molecule has 0 atom stereocenters. The number of rotatable bonds is 13. The lowest BCUT2D eigenvalue weighted by Gasteiger charge is -2.26. The second-order valence-electron chi connectivity index (χ2n) is 13.4. The van der Waals surface area contributed by atoms with E-state index in [-0.39, 0.29) is 36.9 Å². The molecule has 50 heavy (non-hydrogen) atoms. The summed E-state index contributed by atoms with van der Waals surface area (Å²) in [5.41, 5.74) is 0.653. The van der Waals surface area contributed by atoms with Crippen LogP contribution in [0.4, 0.5) is 30.8 Å². The van der Waals surface area contributed by atoms with Gasteiger partial charge in [0.05, 0.1) is 5.54 Å². The summed E-state index contributed by atoms with van der Waals surface area (Å²) in [5, 5.41) is 15.0. The molecule has 2 saturated carbocycles. The van der Waals surface area contributed by atoms with Crippen LogP contribution in [0.15, 0.2) is 48.5 Å². The molecule has 3 amide bonds. The summed E-state index contributed by atoms with van der Waals surface area (Å²) in [6.45, 7) is 2.51. The van der Waals surface area contributed by atoms with Gasteiger partial charge in [0, 0.05) is 35.4 Å². The quantitative estimate of drug-likeness (QED) is 0.141. The van der Waals surface area contributed by atoms with Gasteiger partial charge >= 0.3 is 24.0 Å². The number of ether oxygens (including phenoxy) is 1. The van der Waals surface area contributed by atoms with Crippen molar-refractivity contribution in [2.45, 2.75) is 76.6 Å². The Morgan fingerprint density at radius 1 is 0.860 bits per heavy atom. The molecule has 0 aliphatic heterocycles. The van der Waals surface area contributed by atoms with Crippen LogP contribution in [0.5, 0.6) is 6.01 Å². The first-order chi connectivity index (χ1) is 23.7. The summed E-state index contributed by atoms with van der Waals surface area (Å²) < 4.78 is 43.6. The minimum absolute atomic E-state index is 0.0202. The van der Waals surface area contributed by atoms with Gasteiger partial charge < -0.3 is 31.3 Å². The van der Waals surface area contributed by atoms with Crippen LogP contribution in [0, 0.1) is 5.41 Å². The molecule has 16 heteroatoms. The van der Waals surface area contributed by atoms with E-state index < -0.39 is 41.6 Å². The third-order valence-electron chi connectivity index (χ3n) is 8.48. The molecular formula is C34H40ClF3N8O4. The second-order valence-corrected chi connectivity index (χ2v) is 13.9. The predicted molar refractivity (Wildman–Crippen MR) is 181 cm³/mol. The standard InChI is InChI=1S/C34H40ClF3N8O4/c1-32(2,19-40-27(48)28(49)41-24-6-4-3-5-7-24)18-39-26(47)21-8-14-25(15-9-21)42-29-43-30(45-31(44-29)50-20-34(36,37)38)46-33(16-17-33)22-10-12-23(35)13-11-22/h8-15,24H,3-7,16-20H2,1-2H3,(H,39,47)(H,40,48)(H,41,49)(H2,42,43,44,45,46). The zero-order valence-corrected chi connectivity index (χ0v) is 28.5. The summed E-state index contributed by atoms with van der Waals surface area (Å²) in [7, 11) is 0. The SMILES string of the molecule is CC(C)(CNC(=O)C(=O)NC1CCCCC1)CNC(=O)c1ccc(Nc2nc(NC3(c4ccc(Cl)cc4)CC3)nc(OCC(F)(F)F)n2)cc1. The maximum absolute atomic E-state index is 12.9. The van der Waals surface area contributed by atoms with Crippen LogP contribution < -0.4 is 31.3 Å². The fourth-order valence-corrected chi connectivity index (χ4v) is 5.61. The monoisotopic (exact) mass is 716 g/mol. The maximum atomic E-state index is 12.9. The van der Waals surface area contributed by atoms with Gasteiger partial charge in [-0.2, -0.15) is 28.1 Å². The van der Waals surface area contributed by atoms with Crippen molar-refractivity contribution < 1.29 is 32.3 Å². The normalized spacial score (nSPS) is 15.8. The van der Waals surface area contributed by atoms with Crippen molar-refractivity contribution in [2.75, 3.05) is 30.3 Å². The van der Waals surface area contributed by atoms with E-state index in [1.54, 1.807) is 36.4 Å². The first-order valence-electron chi connectivity index (χ1n) is 16.4. The van der Waals surface area contributed by atoms with Crippen LogP contribution in [0.3, 0.4) is 0 Å². The Balaban J connectivity index is 1.17. The van der Waals surface area contributed by atoms with E-state index in [4.69, 9.17) is 16.3 Å². The van der Waals surface area contributed by atoms with Crippen molar-refractivity contribution in [3.05, 3.63) is 64.7 Å². The minimum atomic E-state index is -4.60. The summed E-state index contributed by atoms with van der Waals surface area (Å²) in [6, 6.07) is 13.0. The van der Waals surface area contributed by atoms with Crippen LogP contribution in [-0.4, -0.2) is 64.6 Å². The van der Waals surface area contributed by atoms with Gasteiger partial charge in [-0.1, -0.05) is 56.8 Å². The molecule has 0 spiro atoms. The van der Waals surface area contributed by atoms with E-state index in [0.29, 0.717) is 16.3 Å². The summed E-state index contributed by atoms with van der Waals surface area (Å²) in [6.07, 6.45) is 1.85. The van der Waals surface area contributed by atoms with Gasteiger partial charge in [-0.3, -0.25) is 14.4 Å². The number of amides is 3. The van der Waals surface area contributed by atoms with Crippen molar-refractivity contribution in [3.63, 3.8) is 0 Å². The summed E-state index contributed by atoms with van der Waals surface area (Å²) in [4.78, 5) is 49.9. The topological polar surface area (TPSA) is 159 Å². The number of carbonyl (C=O) groups excluding carboxylic acids is 3. The molecule has 0 bridgehead atoms. The van der Waals surface area contributed by atoms with Gasteiger partial charge in [-0.25, -0.2) is 0 Å². The molecule has 2 fully saturated rings. The Bertz CT molecular complexity index is 1660. The molecule has 5 rings (SSSR count). The largest absolute Gasteiger partial charge is 0.454 e. The maximum Gasteiger partial charge on any atom is 0.422 e. The highest BCUT2D eigenvalue weighted by atomic mass is 35.5. The highest BCUT2D eigenvalue weighted by Gasteiger charge is 2.45. The van der Waals surface area contributed by atoms with Crippen molar-refractivity contribution in [2.24, 2.45) is 5.41 Å². The molecule has 268 valence electrons. The van der Waals surface area contributed by atoms with E-state index in [1.165, 1.54) is 0 Å². The van der Waals surface area contributed by atoms with E-state index in [1.807, 2.05) is 26.0 Å². The van der Waals surface area contributed by atoms with Crippen LogP contribution >= 0.6 is 11.6 Å². The molecular weight excluding hydrogens is 677 g/mol. The number of benzene rings is 2. The molecule has 0 saturated heterocycles. The molecule has 2 aliphatic carbocycles. The minimum Gasteiger partial charge on any atom is -0.454 e. The number of anilines is 3. The fourth-order valence-electron chi connectivity index (χ4n) is 5.49. The predicted octanol–water partition coefficient (Wildman–Crippen LogP) is 5.63. The average molecular weight is 717 g/mol. The second kappa shape index (κ2) is 15.5. The molecule has 12 nitrogen and oxygen atoms in total. The Kier molecular flexibility index (Phi) is 11.3. The molecule has 3 aromatic rings. The van der Waals surface area contributed by atoms with Crippen molar-refractivity contribution >= 4 is 46.9 Å². The molecule has 0 unspecified atom stereocenters. The average Bonchev–Trinajstić information content (AvgIpc) is 3.86. The number of alkyl halides is 3. The number of hydrogen-bond acceptors (Lipinski definition) is 9. The molecule has 0 radical (unpaired) electrons. The first kappa shape index (κ1) is 36.6. The zero-order chi connectivity index (χ0) is 35.9. The highest BCUT2D eigenvalue weighted by Crippen LogP contribution is 2.48. The number of hydrogen-bond donors (Lipinski definition) is 5. The van der Waals surface area contributed by atoms with Crippen molar-refractivity contribution in [1.82, 2.24) is 30.9 Å². The van der Waals surface area contributed by atoms with Gasteiger partial charge in [0.1, 0.15) is 0 Å². The van der Waals surface area contributed by atoms with Crippen LogP contribution in [0.2, 0.25) is 5.02 Å². The first-order valence-corrected chi connectivity index (χ1v) is 16.8. The van der Waals surface area contributed by atoms with E-state index in [2.05, 4.69) is 41.5 Å². The molecule has 5 N–H and O–H groups in total. The summed E-state index contributed by atoms with van der Waals surface area (Å²) >= 11 is 6.03. The van der Waals surface area contributed by atoms with E-state index >= 15 is 0 Å². The third-order valence-corrected chi connectivity index (χ3v) is 8.73. The van der Waals surface area contributed by atoms with Crippen LogP contribution in [0.25, 0.3) is 0 Å². The van der Waals surface area contributed by atoms with Gasteiger partial charge in [-0.05, 0) is 73.1 Å². The Hall–Kier alpha value is -4.66.